The highest BCUT2D eigenvalue weighted by Gasteiger charge is 2.17. The molecule has 2 aromatic heterocycles. The summed E-state index contributed by atoms with van der Waals surface area (Å²) in [5, 5.41) is 4.08. The number of hydrogen-bond donors (Lipinski definition) is 1. The van der Waals surface area contributed by atoms with Gasteiger partial charge in [0.1, 0.15) is 0 Å². The fourth-order valence-electron chi connectivity index (χ4n) is 2.19. The summed E-state index contributed by atoms with van der Waals surface area (Å²) >= 11 is 0. The number of nitrogens with one attached hydrogen (secondary N) is 1. The number of aromatic nitrogens is 3. The van der Waals surface area contributed by atoms with Crippen LogP contribution in [0, 0.1) is 13.8 Å². The number of hydrogen-bond acceptors (Lipinski definition) is 4. The van der Waals surface area contributed by atoms with Gasteiger partial charge in [0.2, 0.25) is 0 Å². The standard InChI is InChI=1S/C16H16N4O2S/c1-12-4-5-13(2)15(10-12)23(21,22)19-14-6-7-16(17-11-14)20-9-3-8-18-20/h3-11,19H,1-2H3. The highest BCUT2D eigenvalue weighted by atomic mass is 32.2. The molecular formula is C16H16N4O2S. The second kappa shape index (κ2) is 5.85. The van der Waals surface area contributed by atoms with Crippen LogP contribution in [0.4, 0.5) is 5.69 Å². The first kappa shape index (κ1) is 15.2. The Kier molecular flexibility index (Phi) is 3.87. The molecule has 0 aliphatic heterocycles. The molecule has 0 saturated heterocycles. The van der Waals surface area contributed by atoms with Gasteiger partial charge in [-0.2, -0.15) is 5.10 Å². The zero-order chi connectivity index (χ0) is 16.4. The van der Waals surface area contributed by atoms with Gasteiger partial charge in [0, 0.05) is 12.4 Å². The van der Waals surface area contributed by atoms with E-state index < -0.39 is 10.0 Å². The third-order valence-corrected chi connectivity index (χ3v) is 4.90. The smallest absolute Gasteiger partial charge is 0.262 e. The average molecular weight is 328 g/mol. The molecule has 3 rings (SSSR count). The SMILES string of the molecule is Cc1ccc(C)c(S(=O)(=O)Nc2ccc(-n3cccn3)nc2)c1. The number of sulfonamides is 1. The maximum Gasteiger partial charge on any atom is 0.262 e. The quantitative estimate of drug-likeness (QED) is 0.799. The summed E-state index contributed by atoms with van der Waals surface area (Å²) in [6.07, 6.45) is 4.89. The van der Waals surface area contributed by atoms with Gasteiger partial charge in [-0.15, -0.1) is 0 Å². The first-order chi connectivity index (χ1) is 11.0. The Balaban J connectivity index is 1.87. The molecule has 23 heavy (non-hydrogen) atoms. The summed E-state index contributed by atoms with van der Waals surface area (Å²) < 4.78 is 29.2. The molecule has 0 radical (unpaired) electrons. The zero-order valence-electron chi connectivity index (χ0n) is 12.8. The monoisotopic (exact) mass is 328 g/mol. The van der Waals surface area contributed by atoms with Gasteiger partial charge >= 0.3 is 0 Å². The molecule has 0 unspecified atom stereocenters. The predicted molar refractivity (Wildman–Crippen MR) is 88.1 cm³/mol. The van der Waals surface area contributed by atoms with Gasteiger partial charge in [0.25, 0.3) is 10.0 Å². The number of pyridine rings is 1. The van der Waals surface area contributed by atoms with E-state index in [1.807, 2.05) is 13.0 Å². The lowest BCUT2D eigenvalue weighted by Gasteiger charge is -2.11. The normalized spacial score (nSPS) is 11.4. The largest absolute Gasteiger partial charge is 0.278 e. The van der Waals surface area contributed by atoms with Gasteiger partial charge in [-0.05, 0) is 49.2 Å². The highest BCUT2D eigenvalue weighted by molar-refractivity contribution is 7.92. The molecule has 6 nitrogen and oxygen atoms in total. The highest BCUT2D eigenvalue weighted by Crippen LogP contribution is 2.20. The Morgan fingerprint density at radius 2 is 1.96 bits per heavy atom. The van der Waals surface area contributed by atoms with Gasteiger partial charge in [0.15, 0.2) is 5.82 Å². The second-order valence-electron chi connectivity index (χ2n) is 5.23. The lowest BCUT2D eigenvalue weighted by atomic mass is 10.2. The molecule has 118 valence electrons. The lowest BCUT2D eigenvalue weighted by Crippen LogP contribution is -2.14. The van der Waals surface area contributed by atoms with Crippen molar-refractivity contribution in [2.75, 3.05) is 4.72 Å². The van der Waals surface area contributed by atoms with Crippen LogP contribution in [-0.2, 0) is 10.0 Å². The minimum absolute atomic E-state index is 0.272. The predicted octanol–water partition coefficient (Wildman–Crippen LogP) is 2.68. The second-order valence-corrected chi connectivity index (χ2v) is 6.88. The molecule has 0 saturated carbocycles. The number of anilines is 1. The van der Waals surface area contributed by atoms with Crippen molar-refractivity contribution in [2.45, 2.75) is 18.7 Å². The van der Waals surface area contributed by atoms with Crippen molar-refractivity contribution in [3.05, 3.63) is 66.1 Å². The lowest BCUT2D eigenvalue weighted by molar-refractivity contribution is 0.600. The van der Waals surface area contributed by atoms with Crippen LogP contribution >= 0.6 is 0 Å². The van der Waals surface area contributed by atoms with Gasteiger partial charge in [-0.25, -0.2) is 18.1 Å². The van der Waals surface area contributed by atoms with Crippen LogP contribution in [0.1, 0.15) is 11.1 Å². The van der Waals surface area contributed by atoms with Gasteiger partial charge in [-0.3, -0.25) is 4.72 Å². The van der Waals surface area contributed by atoms with Crippen LogP contribution in [-0.4, -0.2) is 23.2 Å². The maximum absolute atomic E-state index is 12.5. The van der Waals surface area contributed by atoms with E-state index in [-0.39, 0.29) is 4.90 Å². The number of nitrogens with zero attached hydrogens (tertiary/aromatic N) is 3. The summed E-state index contributed by atoms with van der Waals surface area (Å²) in [7, 11) is -3.65. The van der Waals surface area contributed by atoms with Crippen molar-refractivity contribution in [3.63, 3.8) is 0 Å². The molecule has 0 aliphatic rings. The van der Waals surface area contributed by atoms with Crippen LogP contribution in [0.3, 0.4) is 0 Å². The molecule has 0 amide bonds. The van der Waals surface area contributed by atoms with Crippen molar-refractivity contribution in [1.82, 2.24) is 14.8 Å². The van der Waals surface area contributed by atoms with Crippen LogP contribution in [0.15, 0.2) is 59.9 Å². The Hall–Kier alpha value is -2.67. The number of benzene rings is 1. The topological polar surface area (TPSA) is 76.9 Å². The summed E-state index contributed by atoms with van der Waals surface area (Å²) in [6, 6.07) is 10.5. The molecule has 3 aromatic rings. The van der Waals surface area contributed by atoms with E-state index in [4.69, 9.17) is 0 Å². The van der Waals surface area contributed by atoms with E-state index in [1.165, 1.54) is 6.20 Å². The third kappa shape index (κ3) is 3.24. The van der Waals surface area contributed by atoms with E-state index in [0.29, 0.717) is 17.1 Å². The zero-order valence-corrected chi connectivity index (χ0v) is 13.6. The molecule has 0 spiro atoms. The van der Waals surface area contributed by atoms with Crippen LogP contribution < -0.4 is 4.72 Å². The summed E-state index contributed by atoms with van der Waals surface area (Å²) in [4.78, 5) is 4.48. The summed E-state index contributed by atoms with van der Waals surface area (Å²) in [5.41, 5.74) is 1.99. The van der Waals surface area contributed by atoms with Gasteiger partial charge in [0.05, 0.1) is 16.8 Å². The van der Waals surface area contributed by atoms with Crippen molar-refractivity contribution in [2.24, 2.45) is 0 Å². The fourth-order valence-corrected chi connectivity index (χ4v) is 3.57. The molecule has 2 heterocycles. The molecule has 0 aliphatic carbocycles. The molecule has 1 N–H and O–H groups in total. The van der Waals surface area contributed by atoms with Crippen molar-refractivity contribution < 1.29 is 8.42 Å². The van der Waals surface area contributed by atoms with E-state index in [9.17, 15) is 8.42 Å². The first-order valence-electron chi connectivity index (χ1n) is 7.02. The number of rotatable bonds is 4. The summed E-state index contributed by atoms with van der Waals surface area (Å²) in [6.45, 7) is 3.63. The van der Waals surface area contributed by atoms with Crippen LogP contribution in [0.25, 0.3) is 5.82 Å². The van der Waals surface area contributed by atoms with Gasteiger partial charge in [-0.1, -0.05) is 12.1 Å². The third-order valence-electron chi connectivity index (χ3n) is 3.37. The Labute approximate surface area is 134 Å². The van der Waals surface area contributed by atoms with Crippen molar-refractivity contribution in [1.29, 1.82) is 0 Å². The molecule has 7 heteroatoms. The van der Waals surface area contributed by atoms with Crippen LogP contribution in [0.5, 0.6) is 0 Å². The van der Waals surface area contributed by atoms with Crippen molar-refractivity contribution in [3.8, 4) is 5.82 Å². The molecule has 0 atom stereocenters. The minimum atomic E-state index is -3.65. The minimum Gasteiger partial charge on any atom is -0.278 e. The molecular weight excluding hydrogens is 312 g/mol. The van der Waals surface area contributed by atoms with E-state index >= 15 is 0 Å². The Bertz CT molecular complexity index is 917. The first-order valence-corrected chi connectivity index (χ1v) is 8.50. The van der Waals surface area contributed by atoms with E-state index in [1.54, 1.807) is 54.3 Å². The molecule has 1 aromatic carbocycles. The molecule has 0 fully saturated rings. The van der Waals surface area contributed by atoms with E-state index in [0.717, 1.165) is 5.56 Å². The fraction of sp³-hybridized carbons (Fsp3) is 0.125. The maximum atomic E-state index is 12.5. The van der Waals surface area contributed by atoms with E-state index in [2.05, 4.69) is 14.8 Å². The Morgan fingerprint density at radius 3 is 2.61 bits per heavy atom. The van der Waals surface area contributed by atoms with Crippen LogP contribution in [0.2, 0.25) is 0 Å². The Morgan fingerprint density at radius 1 is 1.13 bits per heavy atom. The summed E-state index contributed by atoms with van der Waals surface area (Å²) in [5.74, 6) is 0.615. The molecule has 0 bridgehead atoms. The average Bonchev–Trinajstić information content (AvgIpc) is 3.04. The number of aryl methyl sites for hydroxylation is 2. The van der Waals surface area contributed by atoms with Crippen molar-refractivity contribution >= 4 is 15.7 Å². The van der Waals surface area contributed by atoms with Gasteiger partial charge < -0.3 is 0 Å².